The first-order valence-electron chi connectivity index (χ1n) is 5.78. The highest BCUT2D eigenvalue weighted by molar-refractivity contribution is 5.81. The summed E-state index contributed by atoms with van der Waals surface area (Å²) in [6.07, 6.45) is 2.28. The highest BCUT2D eigenvalue weighted by Gasteiger charge is 2.22. The number of nitrogens with one attached hydrogen (secondary N) is 2. The van der Waals surface area contributed by atoms with E-state index in [1.54, 1.807) is 0 Å². The van der Waals surface area contributed by atoms with Crippen molar-refractivity contribution in [3.05, 3.63) is 0 Å². The summed E-state index contributed by atoms with van der Waals surface area (Å²) in [4.78, 5) is 11.6. The molecular formula is C11H22N2O2. The SMILES string of the molecule is CC(C)CC(O)CNC(=O)[C@H]1CCCN1. The molecule has 1 aliphatic rings. The topological polar surface area (TPSA) is 61.4 Å². The van der Waals surface area contributed by atoms with Crippen LogP contribution in [0.25, 0.3) is 0 Å². The molecule has 15 heavy (non-hydrogen) atoms. The second-order valence-electron chi connectivity index (χ2n) is 4.68. The van der Waals surface area contributed by atoms with E-state index in [1.807, 2.05) is 0 Å². The molecule has 4 heteroatoms. The monoisotopic (exact) mass is 214 g/mol. The van der Waals surface area contributed by atoms with Gasteiger partial charge in [0.25, 0.3) is 0 Å². The van der Waals surface area contributed by atoms with E-state index in [-0.39, 0.29) is 11.9 Å². The van der Waals surface area contributed by atoms with Gasteiger partial charge in [-0.3, -0.25) is 4.79 Å². The van der Waals surface area contributed by atoms with Crippen molar-refractivity contribution in [2.24, 2.45) is 5.92 Å². The fourth-order valence-electron chi connectivity index (χ4n) is 1.88. The van der Waals surface area contributed by atoms with Gasteiger partial charge in [-0.2, -0.15) is 0 Å². The largest absolute Gasteiger partial charge is 0.391 e. The third-order valence-corrected chi connectivity index (χ3v) is 2.63. The number of carbonyl (C=O) groups is 1. The lowest BCUT2D eigenvalue weighted by Gasteiger charge is -2.16. The molecule has 0 bridgehead atoms. The van der Waals surface area contributed by atoms with Gasteiger partial charge in [0, 0.05) is 6.54 Å². The lowest BCUT2D eigenvalue weighted by atomic mass is 10.1. The van der Waals surface area contributed by atoms with Crippen LogP contribution >= 0.6 is 0 Å². The van der Waals surface area contributed by atoms with Gasteiger partial charge in [-0.15, -0.1) is 0 Å². The molecule has 0 aromatic carbocycles. The molecule has 1 fully saturated rings. The quantitative estimate of drug-likeness (QED) is 0.615. The Labute approximate surface area is 91.4 Å². The number of aliphatic hydroxyl groups excluding tert-OH is 1. The third-order valence-electron chi connectivity index (χ3n) is 2.63. The van der Waals surface area contributed by atoms with Gasteiger partial charge in [-0.05, 0) is 31.7 Å². The summed E-state index contributed by atoms with van der Waals surface area (Å²) >= 11 is 0. The van der Waals surface area contributed by atoms with E-state index in [4.69, 9.17) is 0 Å². The van der Waals surface area contributed by atoms with Crippen molar-refractivity contribution < 1.29 is 9.90 Å². The second kappa shape index (κ2) is 6.08. The first-order valence-corrected chi connectivity index (χ1v) is 5.78. The molecule has 0 spiro atoms. The number of aliphatic hydroxyl groups is 1. The van der Waals surface area contributed by atoms with Crippen molar-refractivity contribution >= 4 is 5.91 Å². The Morgan fingerprint density at radius 2 is 2.33 bits per heavy atom. The molecule has 1 heterocycles. The van der Waals surface area contributed by atoms with E-state index in [1.165, 1.54) is 0 Å². The molecule has 0 aromatic rings. The average molecular weight is 214 g/mol. The van der Waals surface area contributed by atoms with Gasteiger partial charge in [0.05, 0.1) is 12.1 Å². The van der Waals surface area contributed by atoms with Crippen molar-refractivity contribution in [1.82, 2.24) is 10.6 Å². The van der Waals surface area contributed by atoms with E-state index in [2.05, 4.69) is 24.5 Å². The molecule has 0 saturated carbocycles. The molecule has 1 aliphatic heterocycles. The summed E-state index contributed by atoms with van der Waals surface area (Å²) in [5.74, 6) is 0.483. The van der Waals surface area contributed by atoms with E-state index in [9.17, 15) is 9.90 Å². The van der Waals surface area contributed by atoms with Crippen molar-refractivity contribution in [3.63, 3.8) is 0 Å². The maximum atomic E-state index is 11.6. The predicted molar refractivity (Wildman–Crippen MR) is 59.5 cm³/mol. The van der Waals surface area contributed by atoms with Crippen molar-refractivity contribution in [1.29, 1.82) is 0 Å². The highest BCUT2D eigenvalue weighted by atomic mass is 16.3. The molecule has 3 N–H and O–H groups in total. The fraction of sp³-hybridized carbons (Fsp3) is 0.909. The van der Waals surface area contributed by atoms with E-state index < -0.39 is 6.10 Å². The smallest absolute Gasteiger partial charge is 0.237 e. The Hall–Kier alpha value is -0.610. The normalized spacial score (nSPS) is 23.1. The number of rotatable bonds is 5. The lowest BCUT2D eigenvalue weighted by molar-refractivity contribution is -0.123. The first-order chi connectivity index (χ1) is 7.09. The second-order valence-corrected chi connectivity index (χ2v) is 4.68. The Morgan fingerprint density at radius 1 is 1.60 bits per heavy atom. The molecule has 2 atom stereocenters. The van der Waals surface area contributed by atoms with Gasteiger partial charge in [0.15, 0.2) is 0 Å². The van der Waals surface area contributed by atoms with Crippen molar-refractivity contribution in [2.75, 3.05) is 13.1 Å². The zero-order chi connectivity index (χ0) is 11.3. The Morgan fingerprint density at radius 3 is 2.87 bits per heavy atom. The molecule has 1 rings (SSSR count). The number of hydrogen-bond acceptors (Lipinski definition) is 3. The fourth-order valence-corrected chi connectivity index (χ4v) is 1.88. The number of carbonyl (C=O) groups excluding carboxylic acids is 1. The highest BCUT2D eigenvalue weighted by Crippen LogP contribution is 2.06. The summed E-state index contributed by atoms with van der Waals surface area (Å²) in [7, 11) is 0. The first kappa shape index (κ1) is 12.5. The summed E-state index contributed by atoms with van der Waals surface area (Å²) in [6, 6.07) is -0.0451. The van der Waals surface area contributed by atoms with Crippen LogP contribution in [-0.4, -0.2) is 36.2 Å². The van der Waals surface area contributed by atoms with Gasteiger partial charge < -0.3 is 15.7 Å². The molecular weight excluding hydrogens is 192 g/mol. The van der Waals surface area contributed by atoms with Crippen LogP contribution in [0.1, 0.15) is 33.1 Å². The van der Waals surface area contributed by atoms with Gasteiger partial charge in [-0.25, -0.2) is 0 Å². The van der Waals surface area contributed by atoms with Crippen LogP contribution in [-0.2, 0) is 4.79 Å². The molecule has 0 aromatic heterocycles. The summed E-state index contributed by atoms with van der Waals surface area (Å²) in [6.45, 7) is 5.41. The van der Waals surface area contributed by atoms with Crippen LogP contribution < -0.4 is 10.6 Å². The number of amides is 1. The molecule has 0 radical (unpaired) electrons. The maximum Gasteiger partial charge on any atom is 0.237 e. The van der Waals surface area contributed by atoms with Gasteiger partial charge in [0.2, 0.25) is 5.91 Å². The van der Waals surface area contributed by atoms with Crippen LogP contribution in [0.4, 0.5) is 0 Å². The third kappa shape index (κ3) is 4.62. The van der Waals surface area contributed by atoms with E-state index >= 15 is 0 Å². The summed E-state index contributed by atoms with van der Waals surface area (Å²) in [5, 5.41) is 15.5. The van der Waals surface area contributed by atoms with Crippen LogP contribution in [0.15, 0.2) is 0 Å². The molecule has 1 amide bonds. The maximum absolute atomic E-state index is 11.6. The van der Waals surface area contributed by atoms with Gasteiger partial charge >= 0.3 is 0 Å². The van der Waals surface area contributed by atoms with Crippen LogP contribution in [0.3, 0.4) is 0 Å². The predicted octanol–water partition coefficient (Wildman–Crippen LogP) is 0.262. The average Bonchev–Trinajstić information content (AvgIpc) is 2.65. The Kier molecular flexibility index (Phi) is 5.05. The van der Waals surface area contributed by atoms with Crippen LogP contribution in [0.5, 0.6) is 0 Å². The minimum atomic E-state index is -0.421. The van der Waals surface area contributed by atoms with Gasteiger partial charge in [-0.1, -0.05) is 13.8 Å². The van der Waals surface area contributed by atoms with Crippen molar-refractivity contribution in [2.45, 2.75) is 45.3 Å². The number of hydrogen-bond donors (Lipinski definition) is 3. The van der Waals surface area contributed by atoms with Crippen molar-refractivity contribution in [3.8, 4) is 0 Å². The summed E-state index contributed by atoms with van der Waals surface area (Å²) < 4.78 is 0. The minimum absolute atomic E-state index is 0.0234. The lowest BCUT2D eigenvalue weighted by Crippen LogP contribution is -2.43. The Balaban J connectivity index is 2.15. The zero-order valence-electron chi connectivity index (χ0n) is 9.62. The Bertz CT molecular complexity index is 201. The molecule has 88 valence electrons. The molecule has 1 unspecified atom stereocenters. The molecule has 0 aliphatic carbocycles. The summed E-state index contributed by atoms with van der Waals surface area (Å²) in [5.41, 5.74) is 0. The van der Waals surface area contributed by atoms with Crippen LogP contribution in [0.2, 0.25) is 0 Å². The molecule has 4 nitrogen and oxygen atoms in total. The zero-order valence-corrected chi connectivity index (χ0v) is 9.62. The van der Waals surface area contributed by atoms with Crippen LogP contribution in [0, 0.1) is 5.92 Å². The minimum Gasteiger partial charge on any atom is -0.391 e. The molecule has 1 saturated heterocycles. The van der Waals surface area contributed by atoms with E-state index in [0.717, 1.165) is 25.8 Å². The van der Waals surface area contributed by atoms with Gasteiger partial charge in [0.1, 0.15) is 0 Å². The standard InChI is InChI=1S/C11H22N2O2/c1-8(2)6-9(14)7-13-11(15)10-4-3-5-12-10/h8-10,12,14H,3-7H2,1-2H3,(H,13,15)/t9?,10-/m1/s1. The van der Waals surface area contributed by atoms with E-state index in [0.29, 0.717) is 12.5 Å².